The second-order valence-electron chi connectivity index (χ2n) is 7.94. The molecule has 0 aromatic heterocycles. The second-order valence-corrected chi connectivity index (χ2v) is 7.94. The summed E-state index contributed by atoms with van der Waals surface area (Å²) in [5.41, 5.74) is 3.23. The third-order valence-electron chi connectivity index (χ3n) is 6.18. The molecule has 6 heteroatoms. The number of halogens is 1. The van der Waals surface area contributed by atoms with Crippen LogP contribution in [0.5, 0.6) is 0 Å². The van der Waals surface area contributed by atoms with Gasteiger partial charge < -0.3 is 15.5 Å². The van der Waals surface area contributed by atoms with Crippen molar-refractivity contribution in [2.75, 3.05) is 11.4 Å². The molecule has 4 rings (SSSR count). The summed E-state index contributed by atoms with van der Waals surface area (Å²) in [4.78, 5) is 27.0. The van der Waals surface area contributed by atoms with Crippen LogP contribution in [0.3, 0.4) is 0 Å². The van der Waals surface area contributed by atoms with Crippen LogP contribution in [-0.4, -0.2) is 36.5 Å². The first kappa shape index (κ1) is 19.2. The lowest BCUT2D eigenvalue weighted by atomic mass is 9.98. The van der Waals surface area contributed by atoms with Crippen LogP contribution < -0.4 is 15.5 Å². The Kier molecular flexibility index (Phi) is 5.58. The number of nitrogens with zero attached hydrogens (tertiary/aromatic N) is 1. The Balaban J connectivity index is 0.00000196. The lowest BCUT2D eigenvalue weighted by Crippen LogP contribution is -2.49. The van der Waals surface area contributed by atoms with Crippen LogP contribution in [0, 0.1) is 19.8 Å². The fourth-order valence-electron chi connectivity index (χ4n) is 4.64. The van der Waals surface area contributed by atoms with E-state index >= 15 is 0 Å². The topological polar surface area (TPSA) is 61.4 Å². The summed E-state index contributed by atoms with van der Waals surface area (Å²) in [7, 11) is 0. The van der Waals surface area contributed by atoms with E-state index in [2.05, 4.69) is 23.6 Å². The molecule has 3 atom stereocenters. The summed E-state index contributed by atoms with van der Waals surface area (Å²) in [6.07, 6.45) is 4.79. The molecule has 3 unspecified atom stereocenters. The average Bonchev–Trinajstić information content (AvgIpc) is 3.13. The number of nitrogens with one attached hydrogen (secondary N) is 2. The third kappa shape index (κ3) is 3.60. The molecule has 0 saturated carbocycles. The normalized spacial score (nSPS) is 30.2. The SMILES string of the molecule is Cc1cccc(N2CC(C(=O)NC3CC4CCC(C3)N4)CC2=O)c1C.Cl. The standard InChI is InChI=1S/C20H27N3O2.ClH/c1-12-4-3-5-18(13(12)2)23-11-14(8-19(23)24)20(25)22-17-9-15-6-7-16(10-17)21-15;/h3-5,14-17,21H,6-11H2,1-2H3,(H,22,25);1H. The van der Waals surface area contributed by atoms with Crippen molar-refractivity contribution in [1.82, 2.24) is 10.6 Å². The number of amides is 2. The van der Waals surface area contributed by atoms with Crippen molar-refractivity contribution in [3.8, 4) is 0 Å². The number of benzene rings is 1. The zero-order valence-electron chi connectivity index (χ0n) is 15.5. The van der Waals surface area contributed by atoms with E-state index in [-0.39, 0.29) is 36.2 Å². The predicted molar refractivity (Wildman–Crippen MR) is 105 cm³/mol. The molecule has 1 aromatic rings. The Bertz CT molecular complexity index is 696. The van der Waals surface area contributed by atoms with E-state index in [0.717, 1.165) is 24.1 Å². The highest BCUT2D eigenvalue weighted by molar-refractivity contribution is 6.01. The van der Waals surface area contributed by atoms with Crippen LogP contribution >= 0.6 is 12.4 Å². The summed E-state index contributed by atoms with van der Waals surface area (Å²) in [5, 5.41) is 6.82. The lowest BCUT2D eigenvalue weighted by Gasteiger charge is -2.30. The Hall–Kier alpha value is -1.59. The van der Waals surface area contributed by atoms with Crippen LogP contribution in [0.25, 0.3) is 0 Å². The minimum Gasteiger partial charge on any atom is -0.353 e. The van der Waals surface area contributed by atoms with Crippen molar-refractivity contribution >= 4 is 29.9 Å². The van der Waals surface area contributed by atoms with Gasteiger partial charge in [0.15, 0.2) is 0 Å². The molecule has 3 saturated heterocycles. The minimum absolute atomic E-state index is 0. The monoisotopic (exact) mass is 377 g/mol. The second kappa shape index (κ2) is 7.57. The zero-order valence-corrected chi connectivity index (χ0v) is 16.3. The lowest BCUT2D eigenvalue weighted by molar-refractivity contribution is -0.127. The van der Waals surface area contributed by atoms with E-state index in [4.69, 9.17) is 0 Å². The Morgan fingerprint density at radius 2 is 1.88 bits per heavy atom. The first-order chi connectivity index (χ1) is 12.0. The van der Waals surface area contributed by atoms with Crippen molar-refractivity contribution in [3.05, 3.63) is 29.3 Å². The molecule has 1 aromatic carbocycles. The number of hydrogen-bond acceptors (Lipinski definition) is 3. The molecular formula is C20H28ClN3O2. The van der Waals surface area contributed by atoms with Gasteiger partial charge in [-0.3, -0.25) is 9.59 Å². The molecule has 26 heavy (non-hydrogen) atoms. The van der Waals surface area contributed by atoms with Gasteiger partial charge in [-0.05, 0) is 56.7 Å². The van der Waals surface area contributed by atoms with Gasteiger partial charge in [0.05, 0.1) is 5.92 Å². The summed E-state index contributed by atoms with van der Waals surface area (Å²) < 4.78 is 0. The number of carbonyl (C=O) groups excluding carboxylic acids is 2. The first-order valence-electron chi connectivity index (χ1n) is 9.44. The van der Waals surface area contributed by atoms with E-state index in [1.54, 1.807) is 4.90 Å². The van der Waals surface area contributed by atoms with Crippen LogP contribution in [-0.2, 0) is 9.59 Å². The Morgan fingerprint density at radius 3 is 2.58 bits per heavy atom. The van der Waals surface area contributed by atoms with Gasteiger partial charge in [0, 0.05) is 36.8 Å². The van der Waals surface area contributed by atoms with E-state index in [9.17, 15) is 9.59 Å². The average molecular weight is 378 g/mol. The molecule has 142 valence electrons. The molecule has 2 amide bonds. The molecule has 3 fully saturated rings. The van der Waals surface area contributed by atoms with Gasteiger partial charge in [0.25, 0.3) is 0 Å². The van der Waals surface area contributed by atoms with Gasteiger partial charge >= 0.3 is 0 Å². The van der Waals surface area contributed by atoms with E-state index in [0.29, 0.717) is 25.0 Å². The van der Waals surface area contributed by atoms with Crippen molar-refractivity contribution in [2.24, 2.45) is 5.92 Å². The molecule has 5 nitrogen and oxygen atoms in total. The van der Waals surface area contributed by atoms with Gasteiger partial charge in [-0.1, -0.05) is 12.1 Å². The number of aryl methyl sites for hydroxylation is 1. The molecule has 0 aliphatic carbocycles. The highest BCUT2D eigenvalue weighted by Gasteiger charge is 2.38. The number of fused-ring (bicyclic) bond motifs is 2. The van der Waals surface area contributed by atoms with Gasteiger partial charge in [-0.25, -0.2) is 0 Å². The molecular weight excluding hydrogens is 350 g/mol. The smallest absolute Gasteiger partial charge is 0.227 e. The maximum absolute atomic E-state index is 12.7. The van der Waals surface area contributed by atoms with Crippen molar-refractivity contribution in [1.29, 1.82) is 0 Å². The van der Waals surface area contributed by atoms with Gasteiger partial charge in [-0.2, -0.15) is 0 Å². The van der Waals surface area contributed by atoms with Gasteiger partial charge in [0.2, 0.25) is 11.8 Å². The third-order valence-corrected chi connectivity index (χ3v) is 6.18. The number of carbonyl (C=O) groups is 2. The molecule has 2 N–H and O–H groups in total. The Morgan fingerprint density at radius 1 is 1.19 bits per heavy atom. The molecule has 0 spiro atoms. The number of hydrogen-bond donors (Lipinski definition) is 2. The van der Waals surface area contributed by atoms with E-state index in [1.165, 1.54) is 18.4 Å². The van der Waals surface area contributed by atoms with Gasteiger partial charge in [0.1, 0.15) is 0 Å². The fourth-order valence-corrected chi connectivity index (χ4v) is 4.64. The zero-order chi connectivity index (χ0) is 17.6. The number of anilines is 1. The van der Waals surface area contributed by atoms with E-state index in [1.807, 2.05) is 19.1 Å². The number of piperidine rings is 1. The quantitative estimate of drug-likeness (QED) is 0.850. The van der Waals surface area contributed by atoms with Gasteiger partial charge in [-0.15, -0.1) is 12.4 Å². The highest BCUT2D eigenvalue weighted by atomic mass is 35.5. The maximum Gasteiger partial charge on any atom is 0.227 e. The molecule has 3 aliphatic rings. The molecule has 2 bridgehead atoms. The summed E-state index contributed by atoms with van der Waals surface area (Å²) in [5.74, 6) is -0.133. The van der Waals surface area contributed by atoms with E-state index < -0.39 is 0 Å². The Labute approximate surface area is 161 Å². The predicted octanol–water partition coefficient (Wildman–Crippen LogP) is 2.48. The fraction of sp³-hybridized carbons (Fsp3) is 0.600. The highest BCUT2D eigenvalue weighted by Crippen LogP contribution is 2.30. The van der Waals surface area contributed by atoms with Crippen molar-refractivity contribution < 1.29 is 9.59 Å². The summed E-state index contributed by atoms with van der Waals surface area (Å²) in [6.45, 7) is 4.58. The van der Waals surface area contributed by atoms with Crippen LogP contribution in [0.4, 0.5) is 5.69 Å². The first-order valence-corrected chi connectivity index (χ1v) is 9.44. The van der Waals surface area contributed by atoms with Crippen LogP contribution in [0.15, 0.2) is 18.2 Å². The maximum atomic E-state index is 12.7. The van der Waals surface area contributed by atoms with Crippen LogP contribution in [0.1, 0.15) is 43.2 Å². The number of rotatable bonds is 3. The molecule has 3 aliphatic heterocycles. The van der Waals surface area contributed by atoms with Crippen molar-refractivity contribution in [2.45, 2.75) is 64.1 Å². The van der Waals surface area contributed by atoms with Crippen molar-refractivity contribution in [3.63, 3.8) is 0 Å². The minimum atomic E-state index is -0.236. The largest absolute Gasteiger partial charge is 0.353 e. The summed E-state index contributed by atoms with van der Waals surface area (Å²) >= 11 is 0. The summed E-state index contributed by atoms with van der Waals surface area (Å²) in [6, 6.07) is 7.38. The molecule has 3 heterocycles. The van der Waals surface area contributed by atoms with Crippen LogP contribution in [0.2, 0.25) is 0 Å². The molecule has 0 radical (unpaired) electrons.